The van der Waals surface area contributed by atoms with Gasteiger partial charge in [-0.1, -0.05) is 126 Å². The van der Waals surface area contributed by atoms with Gasteiger partial charge in [-0.25, -0.2) is 0 Å². The Labute approximate surface area is 203 Å². The lowest BCUT2D eigenvalue weighted by Gasteiger charge is -2.38. The second-order valence-electron chi connectivity index (χ2n) is 10.4. The van der Waals surface area contributed by atoms with Crippen molar-refractivity contribution in [3.05, 3.63) is 11.0 Å². The summed E-state index contributed by atoms with van der Waals surface area (Å²) in [6.07, 6.45) is 20.1. The van der Waals surface area contributed by atoms with Crippen LogP contribution in [0.4, 0.5) is 0 Å². The molecule has 0 fully saturated rings. The van der Waals surface area contributed by atoms with Crippen LogP contribution in [0.1, 0.15) is 139 Å². The zero-order valence-electron chi connectivity index (χ0n) is 22.6. The minimum Gasteiger partial charge on any atom is -0.130 e. The molecule has 0 aromatic rings. The van der Waals surface area contributed by atoms with Crippen molar-refractivity contribution in [3.8, 4) is 11.5 Å². The molecule has 0 N–H and O–H groups in total. The first-order valence-electron chi connectivity index (χ1n) is 13.7. The Kier molecular flexibility index (Phi) is 19.3. The standard InChI is InChI=1S/C29H56SSi/c1-9-11-13-15-17-19-22-29(30-24-20-18-16-14-12-10-2)23-21-25-31(26(3)4,27(5)6)28(7)8/h23,26-28H,9-20,22,24H2,1-8H3/b29-23+. The fourth-order valence-electron chi connectivity index (χ4n) is 5.03. The maximum absolute atomic E-state index is 3.90. The summed E-state index contributed by atoms with van der Waals surface area (Å²) >= 11 is 2.10. The Bertz CT molecular complexity index is 485. The van der Waals surface area contributed by atoms with E-state index in [0.29, 0.717) is 16.6 Å². The molecule has 182 valence electrons. The van der Waals surface area contributed by atoms with Crippen LogP contribution in [0.2, 0.25) is 16.6 Å². The van der Waals surface area contributed by atoms with Crippen LogP contribution in [-0.4, -0.2) is 13.8 Å². The van der Waals surface area contributed by atoms with Gasteiger partial charge in [0.15, 0.2) is 0 Å². The normalized spacial score (nSPS) is 12.7. The lowest BCUT2D eigenvalue weighted by atomic mass is 10.1. The molecule has 0 spiro atoms. The van der Waals surface area contributed by atoms with E-state index >= 15 is 0 Å². The van der Waals surface area contributed by atoms with E-state index in [0.717, 1.165) is 0 Å². The smallest absolute Gasteiger partial charge is 0.130 e. The van der Waals surface area contributed by atoms with Crippen molar-refractivity contribution < 1.29 is 0 Å². The van der Waals surface area contributed by atoms with Gasteiger partial charge >= 0.3 is 0 Å². The zero-order chi connectivity index (χ0) is 23.5. The van der Waals surface area contributed by atoms with Gasteiger partial charge in [0.05, 0.1) is 0 Å². The summed E-state index contributed by atoms with van der Waals surface area (Å²) in [5, 5.41) is 0. The second kappa shape index (κ2) is 19.3. The van der Waals surface area contributed by atoms with Gasteiger partial charge in [-0.3, -0.25) is 0 Å². The highest BCUT2D eigenvalue weighted by Crippen LogP contribution is 2.40. The van der Waals surface area contributed by atoms with E-state index in [2.05, 4.69) is 84.7 Å². The molecule has 0 aliphatic carbocycles. The second-order valence-corrected chi connectivity index (χ2v) is 17.2. The van der Waals surface area contributed by atoms with Gasteiger partial charge in [0.2, 0.25) is 0 Å². The minimum atomic E-state index is -1.62. The van der Waals surface area contributed by atoms with Gasteiger partial charge in [0.1, 0.15) is 8.07 Å². The predicted molar refractivity (Wildman–Crippen MR) is 151 cm³/mol. The molecule has 0 aliphatic heterocycles. The minimum absolute atomic E-state index is 0.714. The Balaban J connectivity index is 5.00. The topological polar surface area (TPSA) is 0 Å². The van der Waals surface area contributed by atoms with E-state index in [1.807, 2.05) is 0 Å². The highest BCUT2D eigenvalue weighted by Gasteiger charge is 2.41. The SMILES string of the molecule is CCCCCCCCS/C(=C/C#C[Si](C(C)C)(C(C)C)C(C)C)CCCCCCCC. The molecule has 0 bridgehead atoms. The van der Waals surface area contributed by atoms with Crippen LogP contribution in [0.25, 0.3) is 0 Å². The van der Waals surface area contributed by atoms with Crippen LogP contribution in [0.15, 0.2) is 11.0 Å². The third-order valence-corrected chi connectivity index (χ3v) is 14.4. The van der Waals surface area contributed by atoms with Crippen molar-refractivity contribution in [2.24, 2.45) is 0 Å². The molecule has 0 nitrogen and oxygen atoms in total. The van der Waals surface area contributed by atoms with Gasteiger partial charge in [0, 0.05) is 0 Å². The fraction of sp³-hybridized carbons (Fsp3) is 0.862. The quantitative estimate of drug-likeness (QED) is 0.110. The zero-order valence-corrected chi connectivity index (χ0v) is 24.4. The van der Waals surface area contributed by atoms with Crippen molar-refractivity contribution >= 4 is 19.8 Å². The number of rotatable bonds is 18. The number of unbranched alkanes of at least 4 members (excludes halogenated alkanes) is 10. The van der Waals surface area contributed by atoms with Crippen molar-refractivity contribution in [3.63, 3.8) is 0 Å². The molecule has 0 aliphatic rings. The molecule has 0 unspecified atom stereocenters. The van der Waals surface area contributed by atoms with Crippen LogP contribution in [0.3, 0.4) is 0 Å². The van der Waals surface area contributed by atoms with Crippen LogP contribution >= 0.6 is 11.8 Å². The Morgan fingerprint density at radius 2 is 1.13 bits per heavy atom. The summed E-state index contributed by atoms with van der Waals surface area (Å²) in [6.45, 7) is 19.1. The van der Waals surface area contributed by atoms with Crippen LogP contribution in [0.5, 0.6) is 0 Å². The fourth-order valence-corrected chi connectivity index (χ4v) is 11.3. The van der Waals surface area contributed by atoms with Gasteiger partial charge < -0.3 is 0 Å². The first kappa shape index (κ1) is 30.9. The van der Waals surface area contributed by atoms with Crippen LogP contribution < -0.4 is 0 Å². The van der Waals surface area contributed by atoms with Gasteiger partial charge in [-0.05, 0) is 52.6 Å². The number of hydrogen-bond acceptors (Lipinski definition) is 1. The van der Waals surface area contributed by atoms with E-state index in [1.165, 1.54) is 89.2 Å². The highest BCUT2D eigenvalue weighted by atomic mass is 32.2. The predicted octanol–water partition coefficient (Wildman–Crippen LogP) is 10.9. The molecule has 0 aromatic heterocycles. The Morgan fingerprint density at radius 3 is 1.61 bits per heavy atom. The number of thioether (sulfide) groups is 1. The maximum Gasteiger partial charge on any atom is 0.146 e. The molecule has 0 saturated carbocycles. The van der Waals surface area contributed by atoms with Gasteiger partial charge in [-0.15, -0.1) is 17.3 Å². The van der Waals surface area contributed by atoms with E-state index < -0.39 is 8.07 Å². The monoisotopic (exact) mass is 464 g/mol. The Morgan fingerprint density at radius 1 is 0.677 bits per heavy atom. The summed E-state index contributed by atoms with van der Waals surface area (Å²) in [5.41, 5.74) is 6.05. The van der Waals surface area contributed by atoms with Gasteiger partial charge in [-0.2, -0.15) is 0 Å². The molecular weight excluding hydrogens is 408 g/mol. The summed E-state index contributed by atoms with van der Waals surface area (Å²) in [7, 11) is -1.62. The number of hydrogen-bond donors (Lipinski definition) is 0. The average Bonchev–Trinajstić information content (AvgIpc) is 2.71. The molecule has 31 heavy (non-hydrogen) atoms. The molecule has 0 rings (SSSR count). The van der Waals surface area contributed by atoms with Gasteiger partial charge in [0.25, 0.3) is 0 Å². The largest absolute Gasteiger partial charge is 0.146 e. The van der Waals surface area contributed by atoms with Crippen molar-refractivity contribution in [1.82, 2.24) is 0 Å². The summed E-state index contributed by atoms with van der Waals surface area (Å²) in [6, 6.07) is 0. The van der Waals surface area contributed by atoms with Crippen LogP contribution in [0, 0.1) is 11.5 Å². The molecule has 0 aromatic carbocycles. The Hall–Kier alpha value is -0.133. The molecular formula is C29H56SSi. The number of allylic oxidation sites excluding steroid dienone is 2. The summed E-state index contributed by atoms with van der Waals surface area (Å²) in [4.78, 5) is 1.55. The third-order valence-electron chi connectivity index (χ3n) is 6.95. The van der Waals surface area contributed by atoms with E-state index in [-0.39, 0.29) is 0 Å². The molecule has 0 saturated heterocycles. The summed E-state index contributed by atoms with van der Waals surface area (Å²) in [5.74, 6) is 4.90. The van der Waals surface area contributed by atoms with E-state index in [9.17, 15) is 0 Å². The molecule has 0 atom stereocenters. The first-order chi connectivity index (χ1) is 14.8. The van der Waals surface area contributed by atoms with Crippen molar-refractivity contribution in [2.75, 3.05) is 5.75 Å². The first-order valence-corrected chi connectivity index (χ1v) is 16.9. The third kappa shape index (κ3) is 13.2. The summed E-state index contributed by atoms with van der Waals surface area (Å²) < 4.78 is 0. The van der Waals surface area contributed by atoms with Crippen molar-refractivity contribution in [1.29, 1.82) is 0 Å². The average molecular weight is 465 g/mol. The lowest BCUT2D eigenvalue weighted by molar-refractivity contribution is 0.610. The van der Waals surface area contributed by atoms with Crippen molar-refractivity contribution in [2.45, 2.75) is 155 Å². The highest BCUT2D eigenvalue weighted by molar-refractivity contribution is 8.03. The molecule has 2 heteroatoms. The maximum atomic E-state index is 3.90. The molecule has 0 radical (unpaired) electrons. The molecule has 0 heterocycles. The van der Waals surface area contributed by atoms with E-state index in [1.54, 1.807) is 4.91 Å². The lowest BCUT2D eigenvalue weighted by Crippen LogP contribution is -2.43. The van der Waals surface area contributed by atoms with Crippen LogP contribution in [-0.2, 0) is 0 Å². The molecule has 0 amide bonds. The van der Waals surface area contributed by atoms with E-state index in [4.69, 9.17) is 0 Å².